The number of ether oxygens (including phenoxy) is 1. The van der Waals surface area contributed by atoms with Gasteiger partial charge in [0.25, 0.3) is 0 Å². The third-order valence-corrected chi connectivity index (χ3v) is 5.74. The van der Waals surface area contributed by atoms with Crippen LogP contribution in [0.25, 0.3) is 0 Å². The molecule has 27 heavy (non-hydrogen) atoms. The molecule has 1 N–H and O–H groups in total. The zero-order chi connectivity index (χ0) is 18.4. The Morgan fingerprint density at radius 2 is 1.96 bits per heavy atom. The molecule has 1 saturated carbocycles. The van der Waals surface area contributed by atoms with Crippen molar-refractivity contribution in [1.29, 1.82) is 0 Å². The van der Waals surface area contributed by atoms with Gasteiger partial charge in [0.1, 0.15) is 12.4 Å². The Bertz CT molecular complexity index is 724. The van der Waals surface area contributed by atoms with Crippen LogP contribution in [-0.2, 0) is 4.79 Å². The standard InChI is InChI=1S/C23H28O3.Na.H/c1-2-6-20(15-22(24)25)19-7-9-21(10-8-19)26-17-18-11-14-23(16-18)12-4-3-5-13-23;;/h7-11,20H,3-5,12-17H2,1H3,(H,24,25);;/q;+1;-1. The van der Waals surface area contributed by atoms with E-state index in [1.165, 1.54) is 50.5 Å². The predicted octanol–water partition coefficient (Wildman–Crippen LogP) is 2.43. The summed E-state index contributed by atoms with van der Waals surface area (Å²) in [5.74, 6) is 5.54. The number of hydrogen-bond acceptors (Lipinski definition) is 2. The van der Waals surface area contributed by atoms with Crippen molar-refractivity contribution in [1.82, 2.24) is 0 Å². The van der Waals surface area contributed by atoms with Gasteiger partial charge in [0.2, 0.25) is 0 Å². The molecular weight excluding hydrogens is 347 g/mol. The summed E-state index contributed by atoms with van der Waals surface area (Å²) >= 11 is 0. The van der Waals surface area contributed by atoms with Crippen molar-refractivity contribution < 1.29 is 45.6 Å². The van der Waals surface area contributed by atoms with Crippen molar-refractivity contribution in [2.75, 3.05) is 6.61 Å². The second-order valence-electron chi connectivity index (χ2n) is 7.71. The van der Waals surface area contributed by atoms with Gasteiger partial charge in [-0.1, -0.05) is 43.4 Å². The molecule has 0 amide bonds. The van der Waals surface area contributed by atoms with Gasteiger partial charge in [0, 0.05) is 0 Å². The second kappa shape index (κ2) is 10.4. The maximum atomic E-state index is 11.0. The Morgan fingerprint density at radius 3 is 2.59 bits per heavy atom. The van der Waals surface area contributed by atoms with Crippen molar-refractivity contribution in [3.05, 3.63) is 41.5 Å². The smallest absolute Gasteiger partial charge is 1.00 e. The van der Waals surface area contributed by atoms with Crippen LogP contribution in [0.2, 0.25) is 0 Å². The minimum absolute atomic E-state index is 0. The van der Waals surface area contributed by atoms with Crippen LogP contribution in [0.5, 0.6) is 5.75 Å². The zero-order valence-electron chi connectivity index (χ0n) is 17.6. The third-order valence-electron chi connectivity index (χ3n) is 5.74. The molecule has 0 radical (unpaired) electrons. The van der Waals surface area contributed by atoms with Gasteiger partial charge in [0.05, 0.1) is 12.3 Å². The SMILES string of the molecule is CC#CC(CC(=O)O)c1ccc(OCC2=CCC3(CCCCC3)C2)cc1.[H-].[Na+]. The van der Waals surface area contributed by atoms with Crippen LogP contribution in [0.15, 0.2) is 35.9 Å². The van der Waals surface area contributed by atoms with Crippen LogP contribution in [-0.4, -0.2) is 17.7 Å². The van der Waals surface area contributed by atoms with Crippen molar-refractivity contribution in [2.45, 2.75) is 64.2 Å². The van der Waals surface area contributed by atoms with E-state index in [9.17, 15) is 4.79 Å². The number of benzene rings is 1. The van der Waals surface area contributed by atoms with Crippen LogP contribution in [0, 0.1) is 17.3 Å². The first-order valence-corrected chi connectivity index (χ1v) is 9.65. The monoisotopic (exact) mass is 376 g/mol. The van der Waals surface area contributed by atoms with E-state index in [4.69, 9.17) is 9.84 Å². The Kier molecular flexibility index (Phi) is 8.48. The first-order valence-electron chi connectivity index (χ1n) is 9.65. The molecule has 1 spiro atoms. The summed E-state index contributed by atoms with van der Waals surface area (Å²) in [5.41, 5.74) is 2.89. The van der Waals surface area contributed by atoms with Crippen molar-refractivity contribution >= 4 is 5.97 Å². The fraction of sp³-hybridized carbons (Fsp3) is 0.522. The molecule has 0 aromatic heterocycles. The fourth-order valence-corrected chi connectivity index (χ4v) is 4.35. The third kappa shape index (κ3) is 6.14. The average molecular weight is 376 g/mol. The summed E-state index contributed by atoms with van der Waals surface area (Å²) < 4.78 is 5.98. The normalized spacial score (nSPS) is 18.6. The Labute approximate surface area is 186 Å². The Hall–Kier alpha value is -1.21. The summed E-state index contributed by atoms with van der Waals surface area (Å²) in [6, 6.07) is 7.71. The molecule has 4 heteroatoms. The fourth-order valence-electron chi connectivity index (χ4n) is 4.35. The molecular formula is C23H29NaO3. The van der Waals surface area contributed by atoms with E-state index in [1.807, 2.05) is 24.3 Å². The number of allylic oxidation sites excluding steroid dienone is 1. The van der Waals surface area contributed by atoms with Gasteiger partial charge in [-0.15, -0.1) is 5.92 Å². The Balaban J connectivity index is 0.00000196. The number of rotatable bonds is 6. The van der Waals surface area contributed by atoms with Crippen LogP contribution < -0.4 is 34.3 Å². The maximum absolute atomic E-state index is 11.0. The average Bonchev–Trinajstić information content (AvgIpc) is 3.03. The summed E-state index contributed by atoms with van der Waals surface area (Å²) in [7, 11) is 0. The van der Waals surface area contributed by atoms with E-state index in [2.05, 4.69) is 17.9 Å². The van der Waals surface area contributed by atoms with Crippen molar-refractivity contribution in [3.63, 3.8) is 0 Å². The summed E-state index contributed by atoms with van der Waals surface area (Å²) in [6.45, 7) is 2.40. The van der Waals surface area contributed by atoms with E-state index >= 15 is 0 Å². The molecule has 3 rings (SSSR count). The molecule has 0 aliphatic heterocycles. The van der Waals surface area contributed by atoms with Gasteiger partial charge in [-0.3, -0.25) is 4.79 Å². The molecule has 0 saturated heterocycles. The van der Waals surface area contributed by atoms with Gasteiger partial charge in [-0.05, 0) is 61.3 Å². The molecule has 0 bridgehead atoms. The first kappa shape index (κ1) is 22.1. The number of carboxylic acid groups (broad SMARTS) is 1. The summed E-state index contributed by atoms with van der Waals surface area (Å²) in [4.78, 5) is 11.0. The van der Waals surface area contributed by atoms with Crippen LogP contribution in [0.1, 0.15) is 71.2 Å². The minimum Gasteiger partial charge on any atom is -1.00 e. The maximum Gasteiger partial charge on any atom is 1.00 e. The number of carbonyl (C=O) groups is 1. The van der Waals surface area contributed by atoms with Crippen molar-refractivity contribution in [2.24, 2.45) is 5.41 Å². The molecule has 140 valence electrons. The van der Waals surface area contributed by atoms with E-state index in [-0.39, 0.29) is 43.3 Å². The van der Waals surface area contributed by atoms with Gasteiger partial charge in [-0.25, -0.2) is 0 Å². The predicted molar refractivity (Wildman–Crippen MR) is 104 cm³/mol. The molecule has 1 fully saturated rings. The topological polar surface area (TPSA) is 46.5 Å². The van der Waals surface area contributed by atoms with E-state index < -0.39 is 5.97 Å². The van der Waals surface area contributed by atoms with Crippen LogP contribution >= 0.6 is 0 Å². The first-order chi connectivity index (χ1) is 12.6. The molecule has 0 heterocycles. The summed E-state index contributed by atoms with van der Waals surface area (Å²) in [5, 5.41) is 9.04. The molecule has 2 aliphatic carbocycles. The van der Waals surface area contributed by atoms with E-state index in [0.717, 1.165) is 11.3 Å². The van der Waals surface area contributed by atoms with Gasteiger partial charge >= 0.3 is 35.5 Å². The Morgan fingerprint density at radius 1 is 1.26 bits per heavy atom. The second-order valence-corrected chi connectivity index (χ2v) is 7.71. The summed E-state index contributed by atoms with van der Waals surface area (Å²) in [6.07, 6.45) is 11.7. The largest absolute Gasteiger partial charge is 1.00 e. The van der Waals surface area contributed by atoms with Crippen LogP contribution in [0.3, 0.4) is 0 Å². The molecule has 3 nitrogen and oxygen atoms in total. The molecule has 1 unspecified atom stereocenters. The zero-order valence-corrected chi connectivity index (χ0v) is 18.6. The van der Waals surface area contributed by atoms with E-state index in [1.54, 1.807) is 6.92 Å². The van der Waals surface area contributed by atoms with Crippen molar-refractivity contribution in [3.8, 4) is 17.6 Å². The number of carboxylic acids is 1. The van der Waals surface area contributed by atoms with E-state index in [0.29, 0.717) is 12.0 Å². The molecule has 1 aromatic rings. The molecule has 1 atom stereocenters. The van der Waals surface area contributed by atoms with Crippen LogP contribution in [0.4, 0.5) is 0 Å². The minimum atomic E-state index is -0.831. The quantitative estimate of drug-likeness (QED) is 0.471. The van der Waals surface area contributed by atoms with Gasteiger partial charge in [0.15, 0.2) is 0 Å². The number of aliphatic carboxylic acids is 1. The van der Waals surface area contributed by atoms with Gasteiger partial charge < -0.3 is 11.3 Å². The van der Waals surface area contributed by atoms with Gasteiger partial charge in [-0.2, -0.15) is 0 Å². The molecule has 1 aromatic carbocycles. The number of hydrogen-bond donors (Lipinski definition) is 1. The molecule has 2 aliphatic rings.